The largest absolute Gasteiger partial charge is 0.497 e. The Kier molecular flexibility index (Phi) is 5.75. The van der Waals surface area contributed by atoms with E-state index in [2.05, 4.69) is 33.2 Å². The maximum Gasteiger partial charge on any atom is 0.226 e. The Labute approximate surface area is 154 Å². The Morgan fingerprint density at radius 2 is 2.00 bits per heavy atom. The Hall–Kier alpha value is -2.57. The molecule has 2 aromatic carbocycles. The monoisotopic (exact) mass is 354 g/mol. The van der Waals surface area contributed by atoms with Crippen LogP contribution in [0.3, 0.4) is 0 Å². The lowest BCUT2D eigenvalue weighted by Gasteiger charge is -2.19. The molecule has 3 rings (SSSR count). The van der Waals surface area contributed by atoms with Crippen LogP contribution in [0.1, 0.15) is 17.2 Å². The lowest BCUT2D eigenvalue weighted by Crippen LogP contribution is -2.34. The first-order chi connectivity index (χ1) is 12.6. The van der Waals surface area contributed by atoms with Gasteiger partial charge in [-0.3, -0.25) is 10.2 Å². The van der Waals surface area contributed by atoms with Gasteiger partial charge in [-0.15, -0.1) is 0 Å². The average Bonchev–Trinajstić information content (AvgIpc) is 3.16. The number of carbonyl (C=O) groups excluding carboxylic acids is 1. The van der Waals surface area contributed by atoms with Gasteiger partial charge < -0.3 is 15.0 Å². The van der Waals surface area contributed by atoms with Crippen molar-refractivity contribution in [2.75, 3.05) is 32.6 Å². The Morgan fingerprint density at radius 3 is 2.69 bits per heavy atom. The summed E-state index contributed by atoms with van der Waals surface area (Å²) >= 11 is 0. The number of hydrazine groups is 1. The summed E-state index contributed by atoms with van der Waals surface area (Å²) in [5.74, 6) is 0.645. The van der Waals surface area contributed by atoms with Crippen LogP contribution in [-0.4, -0.2) is 33.7 Å². The van der Waals surface area contributed by atoms with E-state index in [1.54, 1.807) is 7.11 Å². The van der Waals surface area contributed by atoms with E-state index in [9.17, 15) is 4.79 Å². The fraction of sp³-hybridized carbons (Fsp3) is 0.350. The summed E-state index contributed by atoms with van der Waals surface area (Å²) in [6.45, 7) is 1.11. The van der Waals surface area contributed by atoms with Crippen molar-refractivity contribution in [2.24, 2.45) is 5.92 Å². The molecule has 0 aliphatic carbocycles. The number of benzene rings is 2. The third-order valence-electron chi connectivity index (χ3n) is 4.69. The molecule has 2 atom stereocenters. The van der Waals surface area contributed by atoms with Gasteiger partial charge in [-0.25, -0.2) is 5.43 Å². The first-order valence-electron chi connectivity index (χ1n) is 8.75. The number of carbonyl (C=O) groups is 1. The molecule has 0 radical (unpaired) electrons. The van der Waals surface area contributed by atoms with Crippen molar-refractivity contribution in [1.29, 1.82) is 0 Å². The highest BCUT2D eigenvalue weighted by Crippen LogP contribution is 2.27. The summed E-state index contributed by atoms with van der Waals surface area (Å²) in [5, 5.41) is 3.05. The van der Waals surface area contributed by atoms with Crippen LogP contribution in [0.2, 0.25) is 0 Å². The molecule has 6 nitrogen and oxygen atoms in total. The molecule has 0 bridgehead atoms. The van der Waals surface area contributed by atoms with Crippen molar-refractivity contribution >= 4 is 11.6 Å². The Bertz CT molecular complexity index is 746. The molecular weight excluding hydrogens is 328 g/mol. The minimum Gasteiger partial charge on any atom is -0.497 e. The van der Waals surface area contributed by atoms with Gasteiger partial charge in [0.2, 0.25) is 5.91 Å². The van der Waals surface area contributed by atoms with Gasteiger partial charge in [0.05, 0.1) is 19.1 Å². The SMILES string of the molecule is COc1cccc(C2NNCC2C(=O)NCc2ccc(N(C)C)cc2)c1. The van der Waals surface area contributed by atoms with Crippen molar-refractivity contribution in [3.63, 3.8) is 0 Å². The van der Waals surface area contributed by atoms with Crippen LogP contribution < -0.4 is 25.8 Å². The van der Waals surface area contributed by atoms with Crippen molar-refractivity contribution in [2.45, 2.75) is 12.6 Å². The number of rotatable bonds is 6. The second kappa shape index (κ2) is 8.21. The van der Waals surface area contributed by atoms with Crippen molar-refractivity contribution < 1.29 is 9.53 Å². The van der Waals surface area contributed by atoms with Gasteiger partial charge >= 0.3 is 0 Å². The maximum absolute atomic E-state index is 12.7. The van der Waals surface area contributed by atoms with Gasteiger partial charge in [0.15, 0.2) is 0 Å². The van der Waals surface area contributed by atoms with E-state index in [0.717, 1.165) is 22.6 Å². The highest BCUT2D eigenvalue weighted by molar-refractivity contribution is 5.80. The number of amides is 1. The molecule has 1 aliphatic rings. The highest BCUT2D eigenvalue weighted by atomic mass is 16.5. The van der Waals surface area contributed by atoms with Crippen LogP contribution in [0.25, 0.3) is 0 Å². The first kappa shape index (κ1) is 18.2. The van der Waals surface area contributed by atoms with Gasteiger partial charge in [0, 0.05) is 32.9 Å². The predicted octanol–water partition coefficient (Wildman–Crippen LogP) is 1.84. The molecule has 0 saturated carbocycles. The first-order valence-corrected chi connectivity index (χ1v) is 8.75. The number of ether oxygens (including phenoxy) is 1. The molecule has 1 amide bonds. The molecular formula is C20H26N4O2. The van der Waals surface area contributed by atoms with Gasteiger partial charge in [-0.1, -0.05) is 24.3 Å². The zero-order chi connectivity index (χ0) is 18.5. The van der Waals surface area contributed by atoms with E-state index in [0.29, 0.717) is 13.1 Å². The third-order valence-corrected chi connectivity index (χ3v) is 4.69. The standard InChI is InChI=1S/C20H26N4O2/c1-24(2)16-9-7-14(8-10-16)12-21-20(25)18-13-22-23-19(18)15-5-4-6-17(11-15)26-3/h4-11,18-19,22-23H,12-13H2,1-3H3,(H,21,25). The molecule has 1 heterocycles. The van der Waals surface area contributed by atoms with Crippen LogP contribution in [0.5, 0.6) is 5.75 Å². The zero-order valence-electron chi connectivity index (χ0n) is 15.5. The molecule has 2 aromatic rings. The van der Waals surface area contributed by atoms with E-state index < -0.39 is 0 Å². The van der Waals surface area contributed by atoms with Gasteiger partial charge in [0.1, 0.15) is 5.75 Å². The molecule has 3 N–H and O–H groups in total. The molecule has 0 aromatic heterocycles. The normalized spacial score (nSPS) is 19.2. The quantitative estimate of drug-likeness (QED) is 0.739. The molecule has 0 spiro atoms. The van der Waals surface area contributed by atoms with Crippen LogP contribution in [0, 0.1) is 5.92 Å². The summed E-state index contributed by atoms with van der Waals surface area (Å²) in [5.41, 5.74) is 9.56. The molecule has 26 heavy (non-hydrogen) atoms. The molecule has 138 valence electrons. The van der Waals surface area contributed by atoms with Crippen molar-refractivity contribution in [1.82, 2.24) is 16.2 Å². The minimum atomic E-state index is -0.178. The van der Waals surface area contributed by atoms with Crippen molar-refractivity contribution in [3.05, 3.63) is 59.7 Å². The third kappa shape index (κ3) is 4.15. The minimum absolute atomic E-state index is 0.0343. The number of nitrogens with zero attached hydrogens (tertiary/aromatic N) is 1. The van der Waals surface area contributed by atoms with Gasteiger partial charge in [-0.2, -0.15) is 0 Å². The Morgan fingerprint density at radius 1 is 1.23 bits per heavy atom. The van der Waals surface area contributed by atoms with E-state index in [4.69, 9.17) is 4.74 Å². The predicted molar refractivity (Wildman–Crippen MR) is 103 cm³/mol. The molecule has 1 aliphatic heterocycles. The van der Waals surface area contributed by atoms with Crippen LogP contribution >= 0.6 is 0 Å². The second-order valence-electron chi connectivity index (χ2n) is 6.66. The highest BCUT2D eigenvalue weighted by Gasteiger charge is 2.33. The fourth-order valence-corrected chi connectivity index (χ4v) is 3.12. The summed E-state index contributed by atoms with van der Waals surface area (Å²) in [6.07, 6.45) is 0. The molecule has 2 unspecified atom stereocenters. The van der Waals surface area contributed by atoms with E-state index in [1.807, 2.05) is 50.5 Å². The number of methoxy groups -OCH3 is 1. The molecule has 6 heteroatoms. The number of nitrogens with one attached hydrogen (secondary N) is 3. The maximum atomic E-state index is 12.7. The topological polar surface area (TPSA) is 65.6 Å². The number of anilines is 1. The van der Waals surface area contributed by atoms with Crippen LogP contribution in [0.4, 0.5) is 5.69 Å². The number of hydrogen-bond donors (Lipinski definition) is 3. The second-order valence-corrected chi connectivity index (χ2v) is 6.66. The van der Waals surface area contributed by atoms with E-state index in [1.165, 1.54) is 0 Å². The fourth-order valence-electron chi connectivity index (χ4n) is 3.12. The summed E-state index contributed by atoms with van der Waals surface area (Å²) in [7, 11) is 5.66. The summed E-state index contributed by atoms with van der Waals surface area (Å²) < 4.78 is 5.29. The van der Waals surface area contributed by atoms with Crippen LogP contribution in [0.15, 0.2) is 48.5 Å². The average molecular weight is 354 g/mol. The lowest BCUT2D eigenvalue weighted by molar-refractivity contribution is -0.125. The van der Waals surface area contributed by atoms with E-state index >= 15 is 0 Å². The lowest BCUT2D eigenvalue weighted by atomic mass is 9.94. The number of hydrogen-bond acceptors (Lipinski definition) is 5. The summed E-state index contributed by atoms with van der Waals surface area (Å²) in [6, 6.07) is 15.9. The molecule has 1 saturated heterocycles. The van der Waals surface area contributed by atoms with E-state index in [-0.39, 0.29) is 17.9 Å². The van der Waals surface area contributed by atoms with Crippen molar-refractivity contribution in [3.8, 4) is 5.75 Å². The Balaban J connectivity index is 1.63. The van der Waals surface area contributed by atoms with Gasteiger partial charge in [0.25, 0.3) is 0 Å². The summed E-state index contributed by atoms with van der Waals surface area (Å²) in [4.78, 5) is 14.8. The van der Waals surface area contributed by atoms with Crippen LogP contribution in [-0.2, 0) is 11.3 Å². The molecule has 1 fully saturated rings. The zero-order valence-corrected chi connectivity index (χ0v) is 15.5. The van der Waals surface area contributed by atoms with Gasteiger partial charge in [-0.05, 0) is 35.4 Å². The smallest absolute Gasteiger partial charge is 0.226 e.